The van der Waals surface area contributed by atoms with Gasteiger partial charge in [0.15, 0.2) is 0 Å². The highest BCUT2D eigenvalue weighted by Gasteiger charge is 2.13. The minimum absolute atomic E-state index is 0.0403. The maximum absolute atomic E-state index is 11.8. The summed E-state index contributed by atoms with van der Waals surface area (Å²) in [5.41, 5.74) is 0.824. The molecular formula is C14H11Cl2N3O3. The molecule has 0 radical (unpaired) electrons. The molecule has 114 valence electrons. The van der Waals surface area contributed by atoms with Gasteiger partial charge in [-0.15, -0.1) is 0 Å². The van der Waals surface area contributed by atoms with Gasteiger partial charge in [0.25, 0.3) is 5.69 Å². The van der Waals surface area contributed by atoms with E-state index in [4.69, 9.17) is 23.2 Å². The Balaban J connectivity index is 1.95. The van der Waals surface area contributed by atoms with Crippen molar-refractivity contribution < 1.29 is 9.72 Å². The number of hydrogen-bond acceptors (Lipinski definition) is 4. The monoisotopic (exact) mass is 339 g/mol. The van der Waals surface area contributed by atoms with E-state index in [0.717, 1.165) is 0 Å². The van der Waals surface area contributed by atoms with Crippen LogP contribution >= 0.6 is 23.2 Å². The van der Waals surface area contributed by atoms with Crippen LogP contribution in [0.15, 0.2) is 42.5 Å². The second-order valence-corrected chi connectivity index (χ2v) is 5.18. The molecule has 22 heavy (non-hydrogen) atoms. The standard InChI is InChI=1S/C14H11Cl2N3O3/c15-9-1-3-10(4-2-9)18-14(20)8-17-11-5-6-12(16)13(7-11)19(21)22/h1-7,17H,8H2,(H,18,20). The second kappa shape index (κ2) is 7.11. The van der Waals surface area contributed by atoms with Gasteiger partial charge in [-0.1, -0.05) is 23.2 Å². The Hall–Kier alpha value is -2.31. The van der Waals surface area contributed by atoms with Gasteiger partial charge in [-0.3, -0.25) is 14.9 Å². The van der Waals surface area contributed by atoms with E-state index in [1.165, 1.54) is 12.1 Å². The van der Waals surface area contributed by atoms with E-state index in [9.17, 15) is 14.9 Å². The zero-order valence-corrected chi connectivity index (χ0v) is 12.7. The first kappa shape index (κ1) is 16.1. The molecule has 2 aromatic rings. The van der Waals surface area contributed by atoms with E-state index >= 15 is 0 Å². The molecule has 0 atom stereocenters. The molecular weight excluding hydrogens is 329 g/mol. The third-order valence-corrected chi connectivity index (χ3v) is 3.30. The summed E-state index contributed by atoms with van der Waals surface area (Å²) in [6.45, 7) is -0.0403. The minimum Gasteiger partial charge on any atom is -0.376 e. The average molecular weight is 340 g/mol. The molecule has 1 amide bonds. The molecule has 0 unspecified atom stereocenters. The van der Waals surface area contributed by atoms with Crippen LogP contribution in [-0.2, 0) is 4.79 Å². The predicted molar refractivity (Wildman–Crippen MR) is 86.7 cm³/mol. The predicted octanol–water partition coefficient (Wildman–Crippen LogP) is 3.95. The van der Waals surface area contributed by atoms with Gasteiger partial charge in [0.2, 0.25) is 5.91 Å². The fraction of sp³-hybridized carbons (Fsp3) is 0.0714. The molecule has 2 aromatic carbocycles. The summed E-state index contributed by atoms with van der Waals surface area (Å²) >= 11 is 11.5. The number of anilines is 2. The van der Waals surface area contributed by atoms with Crippen LogP contribution in [-0.4, -0.2) is 17.4 Å². The summed E-state index contributed by atoms with van der Waals surface area (Å²) in [7, 11) is 0. The van der Waals surface area contributed by atoms with Crippen molar-refractivity contribution in [2.24, 2.45) is 0 Å². The number of nitro groups is 1. The van der Waals surface area contributed by atoms with Crippen LogP contribution in [0.3, 0.4) is 0 Å². The summed E-state index contributed by atoms with van der Waals surface area (Å²) in [4.78, 5) is 22.0. The third-order valence-electron chi connectivity index (χ3n) is 2.72. The van der Waals surface area contributed by atoms with E-state index in [1.54, 1.807) is 30.3 Å². The summed E-state index contributed by atoms with van der Waals surface area (Å²) in [6.07, 6.45) is 0. The van der Waals surface area contributed by atoms with E-state index in [1.807, 2.05) is 0 Å². The molecule has 0 fully saturated rings. The highest BCUT2D eigenvalue weighted by Crippen LogP contribution is 2.27. The zero-order chi connectivity index (χ0) is 16.1. The topological polar surface area (TPSA) is 84.3 Å². The van der Waals surface area contributed by atoms with Crippen molar-refractivity contribution in [3.8, 4) is 0 Å². The van der Waals surface area contributed by atoms with Gasteiger partial charge < -0.3 is 10.6 Å². The van der Waals surface area contributed by atoms with Gasteiger partial charge >= 0.3 is 0 Å². The van der Waals surface area contributed by atoms with Crippen LogP contribution in [0.2, 0.25) is 10.0 Å². The number of carbonyl (C=O) groups is 1. The van der Waals surface area contributed by atoms with E-state index in [-0.39, 0.29) is 23.2 Å². The molecule has 0 aromatic heterocycles. The number of nitrogens with zero attached hydrogens (tertiary/aromatic N) is 1. The molecule has 0 aliphatic heterocycles. The van der Waals surface area contributed by atoms with Crippen molar-refractivity contribution in [1.82, 2.24) is 0 Å². The highest BCUT2D eigenvalue weighted by atomic mass is 35.5. The van der Waals surface area contributed by atoms with Crippen LogP contribution < -0.4 is 10.6 Å². The van der Waals surface area contributed by atoms with Crippen molar-refractivity contribution in [2.45, 2.75) is 0 Å². The summed E-state index contributed by atoms with van der Waals surface area (Å²) in [5.74, 6) is -0.292. The first-order chi connectivity index (χ1) is 10.5. The van der Waals surface area contributed by atoms with Gasteiger partial charge in [-0.05, 0) is 36.4 Å². The molecule has 6 nitrogen and oxygen atoms in total. The van der Waals surface area contributed by atoms with Crippen molar-refractivity contribution in [2.75, 3.05) is 17.2 Å². The van der Waals surface area contributed by atoms with Gasteiger partial charge in [0.05, 0.1) is 11.5 Å². The molecule has 8 heteroatoms. The molecule has 0 spiro atoms. The van der Waals surface area contributed by atoms with Crippen molar-refractivity contribution >= 4 is 46.2 Å². The molecule has 0 heterocycles. The molecule has 2 N–H and O–H groups in total. The normalized spacial score (nSPS) is 10.1. The summed E-state index contributed by atoms with van der Waals surface area (Å²) in [5, 5.41) is 16.9. The number of hydrogen-bond donors (Lipinski definition) is 2. The number of carbonyl (C=O) groups excluding carboxylic acids is 1. The van der Waals surface area contributed by atoms with Gasteiger partial charge in [0.1, 0.15) is 5.02 Å². The Morgan fingerprint density at radius 3 is 2.36 bits per heavy atom. The fourth-order valence-corrected chi connectivity index (χ4v) is 2.00. The smallest absolute Gasteiger partial charge is 0.289 e. The largest absolute Gasteiger partial charge is 0.376 e. The van der Waals surface area contributed by atoms with Gasteiger partial charge in [0, 0.05) is 22.5 Å². The number of amides is 1. The molecule has 0 saturated heterocycles. The lowest BCUT2D eigenvalue weighted by atomic mass is 10.2. The molecule has 2 rings (SSSR count). The Bertz CT molecular complexity index is 705. The van der Waals surface area contributed by atoms with E-state index in [0.29, 0.717) is 16.4 Å². The fourth-order valence-electron chi connectivity index (χ4n) is 1.68. The number of benzene rings is 2. The number of nitro benzene ring substituents is 1. The molecule has 0 saturated carbocycles. The lowest BCUT2D eigenvalue weighted by Crippen LogP contribution is -2.21. The van der Waals surface area contributed by atoms with Crippen LogP contribution in [0.4, 0.5) is 17.1 Å². The van der Waals surface area contributed by atoms with E-state index in [2.05, 4.69) is 10.6 Å². The van der Waals surface area contributed by atoms with Crippen LogP contribution in [0.1, 0.15) is 0 Å². The van der Waals surface area contributed by atoms with Crippen LogP contribution in [0.25, 0.3) is 0 Å². The lowest BCUT2D eigenvalue weighted by molar-refractivity contribution is -0.384. The van der Waals surface area contributed by atoms with Gasteiger partial charge in [-0.25, -0.2) is 0 Å². The SMILES string of the molecule is O=C(CNc1ccc(Cl)c([N+](=O)[O-])c1)Nc1ccc(Cl)cc1. The van der Waals surface area contributed by atoms with Crippen LogP contribution in [0, 0.1) is 10.1 Å². The molecule has 0 bridgehead atoms. The summed E-state index contributed by atoms with van der Waals surface area (Å²) < 4.78 is 0. The third kappa shape index (κ3) is 4.34. The number of nitrogens with one attached hydrogen (secondary N) is 2. The number of halogens is 2. The van der Waals surface area contributed by atoms with Crippen molar-refractivity contribution in [1.29, 1.82) is 0 Å². The highest BCUT2D eigenvalue weighted by molar-refractivity contribution is 6.32. The Kier molecular flexibility index (Phi) is 5.19. The van der Waals surface area contributed by atoms with Gasteiger partial charge in [-0.2, -0.15) is 0 Å². The first-order valence-electron chi connectivity index (χ1n) is 6.19. The Labute approximate surface area is 136 Å². The average Bonchev–Trinajstić information content (AvgIpc) is 2.48. The summed E-state index contributed by atoms with van der Waals surface area (Å²) in [6, 6.07) is 10.9. The van der Waals surface area contributed by atoms with E-state index < -0.39 is 4.92 Å². The van der Waals surface area contributed by atoms with Crippen LogP contribution in [0.5, 0.6) is 0 Å². The Morgan fingerprint density at radius 1 is 1.09 bits per heavy atom. The maximum Gasteiger partial charge on any atom is 0.289 e. The Morgan fingerprint density at radius 2 is 1.73 bits per heavy atom. The molecule has 0 aliphatic carbocycles. The zero-order valence-electron chi connectivity index (χ0n) is 11.2. The van der Waals surface area contributed by atoms with Crippen molar-refractivity contribution in [3.05, 3.63) is 62.6 Å². The molecule has 0 aliphatic rings. The lowest BCUT2D eigenvalue weighted by Gasteiger charge is -2.08. The second-order valence-electron chi connectivity index (χ2n) is 4.33. The minimum atomic E-state index is -0.582. The quantitative estimate of drug-likeness (QED) is 0.637. The first-order valence-corrected chi connectivity index (χ1v) is 6.94. The number of rotatable bonds is 5. The van der Waals surface area contributed by atoms with Crippen molar-refractivity contribution in [3.63, 3.8) is 0 Å². The maximum atomic E-state index is 11.8.